The van der Waals surface area contributed by atoms with Crippen LogP contribution in [0.4, 0.5) is 0 Å². The van der Waals surface area contributed by atoms with Crippen molar-refractivity contribution in [1.29, 1.82) is 0 Å². The van der Waals surface area contributed by atoms with E-state index in [1.165, 1.54) is 33.4 Å². The van der Waals surface area contributed by atoms with E-state index in [4.69, 9.17) is 0 Å². The molecule has 0 unspecified atom stereocenters. The highest BCUT2D eigenvalue weighted by Crippen LogP contribution is 2.27. The Morgan fingerprint density at radius 3 is 1.97 bits per heavy atom. The Kier molecular flexibility index (Phi) is 6.89. The third-order valence-electron chi connectivity index (χ3n) is 6.01. The quantitative estimate of drug-likeness (QED) is 0.534. The summed E-state index contributed by atoms with van der Waals surface area (Å²) in [5.74, 6) is 0. The zero-order chi connectivity index (χ0) is 21.0. The highest BCUT2D eigenvalue weighted by molar-refractivity contribution is 5.37. The van der Waals surface area contributed by atoms with Crippen molar-refractivity contribution in [2.75, 3.05) is 0 Å². The van der Waals surface area contributed by atoms with Crippen molar-refractivity contribution in [1.82, 2.24) is 4.90 Å². The first-order chi connectivity index (χ1) is 13.9. The van der Waals surface area contributed by atoms with E-state index < -0.39 is 6.10 Å². The first-order valence-corrected chi connectivity index (χ1v) is 10.4. The van der Waals surface area contributed by atoms with E-state index >= 15 is 0 Å². The maximum atomic E-state index is 11.1. The molecule has 0 heterocycles. The molecule has 2 heteroatoms. The number of aliphatic hydroxyl groups excluding tert-OH is 1. The van der Waals surface area contributed by atoms with Gasteiger partial charge in [0, 0.05) is 19.1 Å². The van der Waals surface area contributed by atoms with Gasteiger partial charge in [-0.25, -0.2) is 0 Å². The Morgan fingerprint density at radius 1 is 0.759 bits per heavy atom. The van der Waals surface area contributed by atoms with Gasteiger partial charge in [-0.05, 0) is 68.0 Å². The van der Waals surface area contributed by atoms with E-state index in [1.807, 2.05) is 30.3 Å². The molecule has 0 aliphatic carbocycles. The molecule has 0 saturated heterocycles. The van der Waals surface area contributed by atoms with Crippen LogP contribution in [0.15, 0.2) is 66.7 Å². The molecule has 3 rings (SSSR count). The molecule has 0 aromatic heterocycles. The van der Waals surface area contributed by atoms with E-state index in [0.717, 1.165) is 18.7 Å². The Bertz CT molecular complexity index is 925. The van der Waals surface area contributed by atoms with Crippen LogP contribution in [0.2, 0.25) is 0 Å². The molecular formula is C27H33NO. The maximum absolute atomic E-state index is 11.1. The van der Waals surface area contributed by atoms with Gasteiger partial charge in [-0.3, -0.25) is 4.90 Å². The van der Waals surface area contributed by atoms with Crippen molar-refractivity contribution < 1.29 is 5.11 Å². The van der Waals surface area contributed by atoms with Crippen LogP contribution in [0.25, 0.3) is 0 Å². The first-order valence-electron chi connectivity index (χ1n) is 10.4. The van der Waals surface area contributed by atoms with Crippen molar-refractivity contribution in [2.45, 2.75) is 59.9 Å². The van der Waals surface area contributed by atoms with Crippen LogP contribution < -0.4 is 0 Å². The second-order valence-corrected chi connectivity index (χ2v) is 8.30. The molecule has 3 aromatic carbocycles. The molecule has 1 N–H and O–H groups in total. The summed E-state index contributed by atoms with van der Waals surface area (Å²) < 4.78 is 0. The van der Waals surface area contributed by atoms with Crippen molar-refractivity contribution in [3.8, 4) is 0 Å². The van der Waals surface area contributed by atoms with Gasteiger partial charge in [0.2, 0.25) is 0 Å². The lowest BCUT2D eigenvalue weighted by Crippen LogP contribution is -2.37. The largest absolute Gasteiger partial charge is 0.387 e. The summed E-state index contributed by atoms with van der Waals surface area (Å²) in [5.41, 5.74) is 8.85. The van der Waals surface area contributed by atoms with Gasteiger partial charge in [0.05, 0.1) is 6.10 Å². The molecule has 3 aromatic rings. The average Bonchev–Trinajstić information content (AvgIpc) is 2.70. The predicted molar refractivity (Wildman–Crippen MR) is 122 cm³/mol. The van der Waals surface area contributed by atoms with Crippen molar-refractivity contribution in [2.24, 2.45) is 0 Å². The number of aryl methyl sites for hydroxylation is 4. The highest BCUT2D eigenvalue weighted by atomic mass is 16.3. The van der Waals surface area contributed by atoms with E-state index in [2.05, 4.69) is 75.9 Å². The molecule has 0 amide bonds. The minimum Gasteiger partial charge on any atom is -0.387 e. The normalized spacial score (nSPS) is 13.5. The van der Waals surface area contributed by atoms with Crippen LogP contribution in [-0.4, -0.2) is 16.0 Å². The van der Waals surface area contributed by atoms with Crippen molar-refractivity contribution in [3.05, 3.63) is 106 Å². The number of benzene rings is 3. The second-order valence-electron chi connectivity index (χ2n) is 8.30. The summed E-state index contributed by atoms with van der Waals surface area (Å²) in [6, 6.07) is 23.0. The molecule has 0 fully saturated rings. The number of hydrogen-bond acceptors (Lipinski definition) is 2. The summed E-state index contributed by atoms with van der Waals surface area (Å²) in [5, 5.41) is 11.1. The summed E-state index contributed by atoms with van der Waals surface area (Å²) in [6.07, 6.45) is -0.536. The van der Waals surface area contributed by atoms with Crippen LogP contribution in [0.1, 0.15) is 52.0 Å². The van der Waals surface area contributed by atoms with Gasteiger partial charge < -0.3 is 5.11 Å². The van der Waals surface area contributed by atoms with Gasteiger partial charge in [-0.1, -0.05) is 72.3 Å². The van der Waals surface area contributed by atoms with Crippen LogP contribution in [0, 0.1) is 27.7 Å². The smallest absolute Gasteiger partial charge is 0.0942 e. The topological polar surface area (TPSA) is 23.5 Å². The SMILES string of the molecule is Cc1cc(C)c(CN(Cc2ccccc2C)[C@H](C)[C@@H](O)c2ccccc2)c(C)c1. The molecular weight excluding hydrogens is 354 g/mol. The van der Waals surface area contributed by atoms with Crippen molar-refractivity contribution in [3.63, 3.8) is 0 Å². The number of rotatable bonds is 7. The van der Waals surface area contributed by atoms with Gasteiger partial charge >= 0.3 is 0 Å². The summed E-state index contributed by atoms with van der Waals surface area (Å²) >= 11 is 0. The molecule has 152 valence electrons. The summed E-state index contributed by atoms with van der Waals surface area (Å²) in [4.78, 5) is 2.41. The maximum Gasteiger partial charge on any atom is 0.0942 e. The third kappa shape index (κ3) is 5.14. The molecule has 29 heavy (non-hydrogen) atoms. The monoisotopic (exact) mass is 387 g/mol. The van der Waals surface area contributed by atoms with Crippen LogP contribution in [-0.2, 0) is 13.1 Å². The molecule has 0 spiro atoms. The van der Waals surface area contributed by atoms with Crippen LogP contribution in [0.3, 0.4) is 0 Å². The first kappa shape index (κ1) is 21.3. The van der Waals surface area contributed by atoms with E-state index in [1.54, 1.807) is 0 Å². The van der Waals surface area contributed by atoms with E-state index in [0.29, 0.717) is 0 Å². The Labute approximate surface area is 175 Å². The van der Waals surface area contributed by atoms with Crippen molar-refractivity contribution >= 4 is 0 Å². The highest BCUT2D eigenvalue weighted by Gasteiger charge is 2.25. The second kappa shape index (κ2) is 9.39. The van der Waals surface area contributed by atoms with Gasteiger partial charge in [-0.15, -0.1) is 0 Å². The average molecular weight is 388 g/mol. The van der Waals surface area contributed by atoms with E-state index in [9.17, 15) is 5.11 Å². The van der Waals surface area contributed by atoms with Gasteiger partial charge in [0.15, 0.2) is 0 Å². The van der Waals surface area contributed by atoms with Gasteiger partial charge in [0.1, 0.15) is 0 Å². The Morgan fingerprint density at radius 2 is 1.34 bits per heavy atom. The third-order valence-corrected chi connectivity index (χ3v) is 6.01. The zero-order valence-electron chi connectivity index (χ0n) is 18.3. The minimum absolute atomic E-state index is 0.0166. The van der Waals surface area contributed by atoms with Gasteiger partial charge in [0.25, 0.3) is 0 Å². The van der Waals surface area contributed by atoms with E-state index in [-0.39, 0.29) is 6.04 Å². The standard InChI is InChI=1S/C27H33NO/c1-19-15-21(3)26(22(4)16-19)18-28(17-25-14-10-9-11-20(25)2)23(5)27(29)24-12-7-6-8-13-24/h6-16,23,27,29H,17-18H2,1-5H3/t23-,27-/m1/s1. The predicted octanol–water partition coefficient (Wildman–Crippen LogP) is 6.04. The fourth-order valence-electron chi connectivity index (χ4n) is 4.14. The molecule has 0 aliphatic heterocycles. The molecule has 2 nitrogen and oxygen atoms in total. The summed E-state index contributed by atoms with van der Waals surface area (Å²) in [6.45, 7) is 12.5. The lowest BCUT2D eigenvalue weighted by atomic mass is 9.96. The molecule has 0 aliphatic rings. The van der Waals surface area contributed by atoms with Gasteiger partial charge in [-0.2, -0.15) is 0 Å². The lowest BCUT2D eigenvalue weighted by Gasteiger charge is -2.34. The lowest BCUT2D eigenvalue weighted by molar-refractivity contribution is 0.0481. The van der Waals surface area contributed by atoms with Crippen LogP contribution >= 0.6 is 0 Å². The fourth-order valence-corrected chi connectivity index (χ4v) is 4.14. The summed E-state index contributed by atoms with van der Waals surface area (Å²) in [7, 11) is 0. The number of nitrogens with zero attached hydrogens (tertiary/aromatic N) is 1. The molecule has 2 atom stereocenters. The molecule has 0 saturated carbocycles. The Balaban J connectivity index is 1.94. The number of aliphatic hydroxyl groups is 1. The van der Waals surface area contributed by atoms with Crippen LogP contribution in [0.5, 0.6) is 0 Å². The zero-order valence-corrected chi connectivity index (χ0v) is 18.3. The Hall–Kier alpha value is -2.42. The molecule has 0 bridgehead atoms. The fraction of sp³-hybridized carbons (Fsp3) is 0.333. The minimum atomic E-state index is -0.536. The molecule has 0 radical (unpaired) electrons. The number of hydrogen-bond donors (Lipinski definition) is 1.